The van der Waals surface area contributed by atoms with Gasteiger partial charge in [0.15, 0.2) is 6.10 Å². The van der Waals surface area contributed by atoms with Gasteiger partial charge in [-0.1, -0.05) is 11.6 Å². The van der Waals surface area contributed by atoms with Gasteiger partial charge in [0, 0.05) is 24.6 Å². The van der Waals surface area contributed by atoms with Gasteiger partial charge in [0.2, 0.25) is 0 Å². The average Bonchev–Trinajstić information content (AvgIpc) is 2.79. The highest BCUT2D eigenvalue weighted by Crippen LogP contribution is 2.24. The van der Waals surface area contributed by atoms with Crippen molar-refractivity contribution in [2.24, 2.45) is 0 Å². The Morgan fingerprint density at radius 2 is 2.24 bits per heavy atom. The molecule has 0 bridgehead atoms. The normalized spacial score (nSPS) is 26.4. The minimum atomic E-state index is -1.00. The number of rotatable bonds is 5. The lowest BCUT2D eigenvalue weighted by Crippen LogP contribution is -2.49. The molecule has 0 aromatic heterocycles. The lowest BCUT2D eigenvalue weighted by molar-refractivity contribution is -0.129. The summed E-state index contributed by atoms with van der Waals surface area (Å²) in [6.07, 6.45) is -0.432. The molecule has 2 rings (SSSR count). The third-order valence-corrected chi connectivity index (χ3v) is 3.98. The predicted molar refractivity (Wildman–Crippen MR) is 79.5 cm³/mol. The fourth-order valence-corrected chi connectivity index (χ4v) is 2.28. The summed E-state index contributed by atoms with van der Waals surface area (Å²) in [6.45, 7) is 4.11. The quantitative estimate of drug-likeness (QED) is 0.869. The number of carbonyl (C=O) groups excluding carboxylic acids is 1. The molecular weight excluding hydrogens is 294 g/mol. The van der Waals surface area contributed by atoms with E-state index >= 15 is 0 Å². The zero-order valence-corrected chi connectivity index (χ0v) is 12.9. The van der Waals surface area contributed by atoms with Crippen LogP contribution in [0.3, 0.4) is 0 Å². The second-order valence-electron chi connectivity index (χ2n) is 5.30. The summed E-state index contributed by atoms with van der Waals surface area (Å²) in [6, 6.07) is 6.79. The standard InChI is InChI=1S/C15H20ClNO4/c1-10(21-13-5-3-12(16)4-6-13)14(18)17-9-15(19)7-8-20-11(15)2/h3-6,10-11,19H,7-9H2,1-2H3,(H,17,18). The summed E-state index contributed by atoms with van der Waals surface area (Å²) in [7, 11) is 0. The van der Waals surface area contributed by atoms with E-state index in [1.165, 1.54) is 0 Å². The van der Waals surface area contributed by atoms with Crippen molar-refractivity contribution in [3.63, 3.8) is 0 Å². The highest BCUT2D eigenvalue weighted by atomic mass is 35.5. The molecule has 2 N–H and O–H groups in total. The van der Waals surface area contributed by atoms with Gasteiger partial charge in [-0.25, -0.2) is 0 Å². The summed E-state index contributed by atoms with van der Waals surface area (Å²) in [5.74, 6) is 0.288. The molecule has 1 heterocycles. The van der Waals surface area contributed by atoms with Gasteiger partial charge in [0.25, 0.3) is 5.91 Å². The lowest BCUT2D eigenvalue weighted by atomic mass is 9.97. The summed E-state index contributed by atoms with van der Waals surface area (Å²) >= 11 is 5.79. The van der Waals surface area contributed by atoms with Gasteiger partial charge in [-0.15, -0.1) is 0 Å². The minimum Gasteiger partial charge on any atom is -0.481 e. The summed E-state index contributed by atoms with van der Waals surface area (Å²) in [4.78, 5) is 12.0. The minimum absolute atomic E-state index is 0.154. The van der Waals surface area contributed by atoms with Crippen molar-refractivity contribution in [3.05, 3.63) is 29.3 Å². The lowest BCUT2D eigenvalue weighted by Gasteiger charge is -2.26. The van der Waals surface area contributed by atoms with E-state index in [2.05, 4.69) is 5.32 Å². The first kappa shape index (κ1) is 16.1. The van der Waals surface area contributed by atoms with Crippen molar-refractivity contribution in [1.82, 2.24) is 5.32 Å². The van der Waals surface area contributed by atoms with E-state index < -0.39 is 11.7 Å². The SMILES string of the molecule is CC(Oc1ccc(Cl)cc1)C(=O)NCC1(O)CCOC1C. The van der Waals surface area contributed by atoms with E-state index in [0.29, 0.717) is 23.8 Å². The zero-order chi connectivity index (χ0) is 15.5. The Bertz CT molecular complexity index is 493. The fraction of sp³-hybridized carbons (Fsp3) is 0.533. The van der Waals surface area contributed by atoms with Crippen molar-refractivity contribution in [1.29, 1.82) is 0 Å². The molecule has 5 nitrogen and oxygen atoms in total. The third-order valence-electron chi connectivity index (χ3n) is 3.72. The van der Waals surface area contributed by atoms with Gasteiger partial charge in [0.05, 0.1) is 6.10 Å². The van der Waals surface area contributed by atoms with Gasteiger partial charge in [-0.2, -0.15) is 0 Å². The Labute approximate surface area is 129 Å². The Balaban J connectivity index is 1.84. The smallest absolute Gasteiger partial charge is 0.260 e. The number of nitrogens with one attached hydrogen (secondary N) is 1. The molecule has 6 heteroatoms. The first-order valence-corrected chi connectivity index (χ1v) is 7.32. The number of halogens is 1. The van der Waals surface area contributed by atoms with E-state index in [1.54, 1.807) is 38.1 Å². The van der Waals surface area contributed by atoms with Crippen LogP contribution in [0.4, 0.5) is 0 Å². The van der Waals surface area contributed by atoms with Crippen molar-refractivity contribution in [2.45, 2.75) is 38.1 Å². The molecular formula is C15H20ClNO4. The Hall–Kier alpha value is -1.30. The van der Waals surface area contributed by atoms with Crippen LogP contribution in [0.5, 0.6) is 5.75 Å². The zero-order valence-electron chi connectivity index (χ0n) is 12.1. The Morgan fingerprint density at radius 1 is 1.57 bits per heavy atom. The van der Waals surface area contributed by atoms with E-state index in [1.807, 2.05) is 0 Å². The fourth-order valence-electron chi connectivity index (χ4n) is 2.16. The maximum Gasteiger partial charge on any atom is 0.260 e. The van der Waals surface area contributed by atoms with Crippen molar-refractivity contribution in [3.8, 4) is 5.75 Å². The van der Waals surface area contributed by atoms with Crippen molar-refractivity contribution >= 4 is 17.5 Å². The number of hydrogen-bond acceptors (Lipinski definition) is 4. The van der Waals surface area contributed by atoms with Crippen LogP contribution in [0.2, 0.25) is 5.02 Å². The number of aliphatic hydroxyl groups is 1. The number of amides is 1. The Morgan fingerprint density at radius 3 is 2.81 bits per heavy atom. The summed E-state index contributed by atoms with van der Waals surface area (Å²) < 4.78 is 10.8. The molecule has 3 atom stereocenters. The first-order chi connectivity index (χ1) is 9.90. The van der Waals surface area contributed by atoms with Gasteiger partial charge in [0.1, 0.15) is 11.4 Å². The van der Waals surface area contributed by atoms with Crippen molar-refractivity contribution < 1.29 is 19.4 Å². The maximum absolute atomic E-state index is 12.0. The van der Waals surface area contributed by atoms with Crippen LogP contribution in [-0.2, 0) is 9.53 Å². The topological polar surface area (TPSA) is 67.8 Å². The second-order valence-corrected chi connectivity index (χ2v) is 5.73. The average molecular weight is 314 g/mol. The molecule has 0 radical (unpaired) electrons. The second kappa shape index (κ2) is 6.64. The monoisotopic (exact) mass is 313 g/mol. The van der Waals surface area contributed by atoms with Crippen LogP contribution in [0.1, 0.15) is 20.3 Å². The van der Waals surface area contributed by atoms with Crippen LogP contribution in [0.25, 0.3) is 0 Å². The van der Waals surface area contributed by atoms with Crippen LogP contribution >= 0.6 is 11.6 Å². The molecule has 1 aromatic rings. The number of hydrogen-bond donors (Lipinski definition) is 2. The first-order valence-electron chi connectivity index (χ1n) is 6.94. The van der Waals surface area contributed by atoms with Crippen molar-refractivity contribution in [2.75, 3.05) is 13.2 Å². The van der Waals surface area contributed by atoms with E-state index in [-0.39, 0.29) is 18.6 Å². The van der Waals surface area contributed by atoms with Gasteiger partial charge in [-0.3, -0.25) is 4.79 Å². The van der Waals surface area contributed by atoms with Crippen LogP contribution < -0.4 is 10.1 Å². The predicted octanol–water partition coefficient (Wildman–Crippen LogP) is 1.76. The van der Waals surface area contributed by atoms with E-state index in [9.17, 15) is 9.90 Å². The molecule has 116 valence electrons. The molecule has 1 saturated heterocycles. The molecule has 1 amide bonds. The Kier molecular flexibility index (Phi) is 5.08. The maximum atomic E-state index is 12.0. The van der Waals surface area contributed by atoms with Gasteiger partial charge < -0.3 is 19.9 Å². The molecule has 1 aliphatic heterocycles. The van der Waals surface area contributed by atoms with Gasteiger partial charge in [-0.05, 0) is 38.1 Å². The van der Waals surface area contributed by atoms with E-state index in [0.717, 1.165) is 0 Å². The van der Waals surface area contributed by atoms with Crippen LogP contribution in [-0.4, -0.2) is 42.0 Å². The highest BCUT2D eigenvalue weighted by molar-refractivity contribution is 6.30. The van der Waals surface area contributed by atoms with Crippen LogP contribution in [0, 0.1) is 0 Å². The number of benzene rings is 1. The van der Waals surface area contributed by atoms with Crippen LogP contribution in [0.15, 0.2) is 24.3 Å². The molecule has 1 aliphatic rings. The molecule has 0 saturated carbocycles. The molecule has 21 heavy (non-hydrogen) atoms. The summed E-state index contributed by atoms with van der Waals surface area (Å²) in [5, 5.41) is 13.6. The van der Waals surface area contributed by atoms with E-state index in [4.69, 9.17) is 21.1 Å². The molecule has 1 fully saturated rings. The summed E-state index contributed by atoms with van der Waals surface area (Å²) in [5.41, 5.74) is -1.00. The number of ether oxygens (including phenoxy) is 2. The highest BCUT2D eigenvalue weighted by Gasteiger charge is 2.39. The molecule has 0 aliphatic carbocycles. The third kappa shape index (κ3) is 4.09. The molecule has 0 spiro atoms. The van der Waals surface area contributed by atoms with Gasteiger partial charge >= 0.3 is 0 Å². The largest absolute Gasteiger partial charge is 0.481 e. The molecule has 1 aromatic carbocycles. The molecule has 3 unspecified atom stereocenters. The number of carbonyl (C=O) groups is 1.